The lowest BCUT2D eigenvalue weighted by molar-refractivity contribution is 0.113. The Morgan fingerprint density at radius 3 is 2.81 bits per heavy atom. The van der Waals surface area contributed by atoms with Gasteiger partial charge in [-0.15, -0.1) is 0 Å². The van der Waals surface area contributed by atoms with Gasteiger partial charge in [0.1, 0.15) is 17.4 Å². The molecular weight excluding hydrogens is 509 g/mol. The van der Waals surface area contributed by atoms with Crippen LogP contribution in [0.15, 0.2) is 36.7 Å². The van der Waals surface area contributed by atoms with Crippen LogP contribution >= 0.6 is 23.2 Å². The summed E-state index contributed by atoms with van der Waals surface area (Å²) in [5.41, 5.74) is 3.29. The van der Waals surface area contributed by atoms with Crippen molar-refractivity contribution in [3.8, 4) is 6.07 Å². The summed E-state index contributed by atoms with van der Waals surface area (Å²) in [6, 6.07) is 9.35. The van der Waals surface area contributed by atoms with Gasteiger partial charge in [-0.25, -0.2) is 14.6 Å². The van der Waals surface area contributed by atoms with Gasteiger partial charge in [-0.1, -0.05) is 29.3 Å². The van der Waals surface area contributed by atoms with E-state index >= 15 is 0 Å². The van der Waals surface area contributed by atoms with E-state index in [0.717, 1.165) is 49.8 Å². The predicted molar refractivity (Wildman–Crippen MR) is 143 cm³/mol. The smallest absolute Gasteiger partial charge is 0.190 e. The number of likely N-dealkylation sites (tertiary alicyclic amines) is 1. The van der Waals surface area contributed by atoms with Crippen LogP contribution in [0, 0.1) is 23.2 Å². The number of fused-ring (bicyclic) bond motifs is 1. The summed E-state index contributed by atoms with van der Waals surface area (Å²) in [6.07, 6.45) is 6.13. The van der Waals surface area contributed by atoms with E-state index in [2.05, 4.69) is 36.1 Å². The highest BCUT2D eigenvalue weighted by Gasteiger charge is 2.37. The van der Waals surface area contributed by atoms with Crippen LogP contribution in [0.25, 0.3) is 11.2 Å². The summed E-state index contributed by atoms with van der Waals surface area (Å²) in [7, 11) is 0. The van der Waals surface area contributed by atoms with Crippen LogP contribution in [0.2, 0.25) is 10.0 Å². The fourth-order valence-electron chi connectivity index (χ4n) is 5.59. The monoisotopic (exact) mass is 535 g/mol. The zero-order valence-electron chi connectivity index (χ0n) is 20.5. The number of aromatic nitrogens is 6. The average molecular weight is 536 g/mol. The molecule has 0 saturated carbocycles. The van der Waals surface area contributed by atoms with Crippen molar-refractivity contribution in [1.29, 1.82) is 5.26 Å². The third-order valence-corrected chi connectivity index (χ3v) is 8.22. The molecule has 0 spiro atoms. The summed E-state index contributed by atoms with van der Waals surface area (Å²) in [4.78, 5) is 14.3. The summed E-state index contributed by atoms with van der Waals surface area (Å²) in [6.45, 7) is 7.03. The number of piperidine rings is 1. The van der Waals surface area contributed by atoms with Gasteiger partial charge in [0, 0.05) is 42.4 Å². The fourth-order valence-corrected chi connectivity index (χ4v) is 6.16. The molecule has 0 amide bonds. The first-order valence-electron chi connectivity index (χ1n) is 12.6. The maximum atomic E-state index is 9.65. The van der Waals surface area contributed by atoms with E-state index in [-0.39, 0.29) is 11.7 Å². The molecule has 0 bridgehead atoms. The predicted octanol–water partition coefficient (Wildman–Crippen LogP) is 4.69. The lowest BCUT2D eigenvalue weighted by Gasteiger charge is -2.47. The Bertz CT molecular complexity index is 1450. The second kappa shape index (κ2) is 9.93. The molecule has 2 saturated heterocycles. The van der Waals surface area contributed by atoms with Gasteiger partial charge < -0.3 is 4.90 Å². The zero-order valence-corrected chi connectivity index (χ0v) is 22.0. The molecule has 11 heteroatoms. The Morgan fingerprint density at radius 2 is 2.05 bits per heavy atom. The van der Waals surface area contributed by atoms with Crippen LogP contribution in [0.1, 0.15) is 42.8 Å². The number of hydrogen-bond donors (Lipinski definition) is 1. The zero-order chi connectivity index (χ0) is 25.5. The molecule has 5 heterocycles. The Balaban J connectivity index is 1.19. The molecule has 2 fully saturated rings. The van der Waals surface area contributed by atoms with E-state index in [1.807, 2.05) is 25.3 Å². The quantitative estimate of drug-likeness (QED) is 0.382. The fraction of sp³-hybridized carbons (Fsp3) is 0.423. The standard InChI is InChI=1S/C26H27Cl2N9/c1-16(21-5-4-19(27)9-22(21)28)37-26-25(23(10-29)34-37)30-11-24(32-26)36-13-18(14-36)17-3-2-8-35(12-17)15-20-6-7-31-33-20/h4-7,9,11,16-18H,2-3,8,12-15H2,1H3,(H,31,33). The molecule has 9 nitrogen and oxygen atoms in total. The van der Waals surface area contributed by atoms with Gasteiger partial charge in [0.2, 0.25) is 0 Å². The first-order valence-corrected chi connectivity index (χ1v) is 13.3. The third kappa shape index (κ3) is 4.65. The van der Waals surface area contributed by atoms with Gasteiger partial charge in [-0.2, -0.15) is 15.5 Å². The summed E-state index contributed by atoms with van der Waals surface area (Å²) in [5, 5.41) is 22.5. The SMILES string of the molecule is CC(c1ccc(Cl)cc1Cl)n1nc(C#N)c2ncc(N3CC(C4CCCN(Cc5cc[nH]n5)C4)C3)nc21. The highest BCUT2D eigenvalue weighted by molar-refractivity contribution is 6.35. The highest BCUT2D eigenvalue weighted by atomic mass is 35.5. The van der Waals surface area contributed by atoms with E-state index < -0.39 is 0 Å². The molecular formula is C26H27Cl2N9. The number of nitriles is 1. The van der Waals surface area contributed by atoms with Crippen molar-refractivity contribution in [1.82, 2.24) is 34.8 Å². The molecule has 2 atom stereocenters. The van der Waals surface area contributed by atoms with Crippen molar-refractivity contribution in [3.05, 3.63) is 63.7 Å². The van der Waals surface area contributed by atoms with Gasteiger partial charge in [0.15, 0.2) is 11.3 Å². The summed E-state index contributed by atoms with van der Waals surface area (Å²) in [5.74, 6) is 2.11. The lowest BCUT2D eigenvalue weighted by atomic mass is 9.80. The van der Waals surface area contributed by atoms with Gasteiger partial charge >= 0.3 is 0 Å². The van der Waals surface area contributed by atoms with E-state index in [1.54, 1.807) is 23.0 Å². The summed E-state index contributed by atoms with van der Waals surface area (Å²) < 4.78 is 1.74. The maximum absolute atomic E-state index is 9.65. The number of H-pyrrole nitrogens is 1. The number of benzene rings is 1. The molecule has 0 radical (unpaired) electrons. The second-order valence-electron chi connectivity index (χ2n) is 10.0. The first-order chi connectivity index (χ1) is 18.0. The lowest BCUT2D eigenvalue weighted by Crippen LogP contribution is -2.53. The Hall–Kier alpha value is -3.19. The number of halogens is 2. The number of aromatic amines is 1. The number of nitrogens with zero attached hydrogens (tertiary/aromatic N) is 8. The topological polar surface area (TPSA) is 103 Å². The Kier molecular flexibility index (Phi) is 6.49. The van der Waals surface area contributed by atoms with Gasteiger partial charge in [0.25, 0.3) is 0 Å². The van der Waals surface area contributed by atoms with Gasteiger partial charge in [-0.3, -0.25) is 10.00 Å². The van der Waals surface area contributed by atoms with Crippen molar-refractivity contribution in [2.75, 3.05) is 31.1 Å². The molecule has 0 aliphatic carbocycles. The molecule has 190 valence electrons. The minimum absolute atomic E-state index is 0.245. The molecule has 37 heavy (non-hydrogen) atoms. The van der Waals surface area contributed by atoms with Crippen molar-refractivity contribution in [2.24, 2.45) is 11.8 Å². The minimum atomic E-state index is -0.245. The van der Waals surface area contributed by atoms with Crippen LogP contribution in [-0.4, -0.2) is 61.0 Å². The largest absolute Gasteiger partial charge is 0.355 e. The number of nitrogens with one attached hydrogen (secondary N) is 1. The van der Waals surface area contributed by atoms with E-state index in [1.165, 1.54) is 12.8 Å². The van der Waals surface area contributed by atoms with Crippen molar-refractivity contribution < 1.29 is 0 Å². The van der Waals surface area contributed by atoms with Crippen LogP contribution in [0.5, 0.6) is 0 Å². The molecule has 4 aromatic rings. The van der Waals surface area contributed by atoms with Crippen molar-refractivity contribution in [3.63, 3.8) is 0 Å². The molecule has 1 aromatic carbocycles. The average Bonchev–Trinajstić information content (AvgIpc) is 3.50. The second-order valence-corrected chi connectivity index (χ2v) is 10.9. The number of rotatable bonds is 6. The highest BCUT2D eigenvalue weighted by Crippen LogP contribution is 2.35. The van der Waals surface area contributed by atoms with Gasteiger partial charge in [0.05, 0.1) is 17.9 Å². The third-order valence-electron chi connectivity index (χ3n) is 7.66. The van der Waals surface area contributed by atoms with Crippen LogP contribution < -0.4 is 4.90 Å². The van der Waals surface area contributed by atoms with Gasteiger partial charge in [-0.05, 0) is 61.9 Å². The Labute approximate surface area is 225 Å². The molecule has 2 aliphatic heterocycles. The van der Waals surface area contributed by atoms with E-state index in [4.69, 9.17) is 28.2 Å². The Morgan fingerprint density at radius 1 is 1.19 bits per heavy atom. The number of anilines is 1. The molecule has 6 rings (SSSR count). The molecule has 2 aliphatic rings. The maximum Gasteiger partial charge on any atom is 0.190 e. The van der Waals surface area contributed by atoms with Crippen LogP contribution in [-0.2, 0) is 6.54 Å². The van der Waals surface area contributed by atoms with Crippen molar-refractivity contribution in [2.45, 2.75) is 32.4 Å². The first kappa shape index (κ1) is 24.2. The molecule has 2 unspecified atom stereocenters. The van der Waals surface area contributed by atoms with E-state index in [9.17, 15) is 5.26 Å². The summed E-state index contributed by atoms with van der Waals surface area (Å²) >= 11 is 12.6. The molecule has 1 N–H and O–H groups in total. The van der Waals surface area contributed by atoms with Crippen LogP contribution in [0.3, 0.4) is 0 Å². The normalized spacial score (nSPS) is 19.6. The van der Waals surface area contributed by atoms with Crippen molar-refractivity contribution >= 4 is 40.2 Å². The molecule has 3 aromatic heterocycles. The van der Waals surface area contributed by atoms with E-state index in [0.29, 0.717) is 33.0 Å². The number of hydrogen-bond acceptors (Lipinski definition) is 7. The minimum Gasteiger partial charge on any atom is -0.355 e. The van der Waals surface area contributed by atoms with Crippen LogP contribution in [0.4, 0.5) is 5.82 Å².